The van der Waals surface area contributed by atoms with Crippen molar-refractivity contribution in [2.75, 3.05) is 0 Å². The quantitative estimate of drug-likeness (QED) is 0.720. The molecule has 1 aliphatic rings. The van der Waals surface area contributed by atoms with Crippen molar-refractivity contribution >= 4 is 16.7 Å². The maximum absolute atomic E-state index is 13.2. The zero-order valence-electron chi connectivity index (χ0n) is 14.0. The Hall–Kier alpha value is -2.86. The third-order valence-corrected chi connectivity index (χ3v) is 5.19. The fourth-order valence-corrected chi connectivity index (χ4v) is 3.79. The van der Waals surface area contributed by atoms with E-state index in [9.17, 15) is 4.79 Å². The van der Waals surface area contributed by atoms with Crippen molar-refractivity contribution in [3.8, 4) is 6.07 Å². The Morgan fingerprint density at radius 3 is 2.67 bits per heavy atom. The molecule has 0 atom stereocenters. The van der Waals surface area contributed by atoms with Crippen molar-refractivity contribution in [3.63, 3.8) is 0 Å². The highest BCUT2D eigenvalue weighted by Crippen LogP contribution is 2.43. The van der Waals surface area contributed by atoms with Crippen LogP contribution in [0.25, 0.3) is 10.9 Å². The fraction of sp³-hybridized carbons (Fsp3) is 0.238. The van der Waals surface area contributed by atoms with E-state index in [4.69, 9.17) is 5.26 Å². The third kappa shape index (κ3) is 1.80. The van der Waals surface area contributed by atoms with Gasteiger partial charge in [0.2, 0.25) is 0 Å². The number of hydrogen-bond donors (Lipinski definition) is 1. The molecule has 3 aromatic rings. The van der Waals surface area contributed by atoms with Crippen LogP contribution in [0.3, 0.4) is 0 Å². The highest BCUT2D eigenvalue weighted by Gasteiger charge is 2.39. The minimum absolute atomic E-state index is 0.0746. The molecule has 24 heavy (non-hydrogen) atoms. The first-order chi connectivity index (χ1) is 11.5. The summed E-state index contributed by atoms with van der Waals surface area (Å²) in [5.74, 6) is 0.0746. The summed E-state index contributed by atoms with van der Waals surface area (Å²) in [4.78, 5) is 16.6. The van der Waals surface area contributed by atoms with Gasteiger partial charge >= 0.3 is 0 Å². The Balaban J connectivity index is 2.06. The van der Waals surface area contributed by atoms with Gasteiger partial charge in [0, 0.05) is 27.6 Å². The SMILES string of the molecule is CCc1ccc2c(c1)C(=O)c1c([nH]c3cc(C#N)ccc13)C2(C)C. The molecule has 4 rings (SSSR count). The number of hydrogen-bond acceptors (Lipinski definition) is 2. The topological polar surface area (TPSA) is 56.6 Å². The van der Waals surface area contributed by atoms with Gasteiger partial charge in [-0.05, 0) is 35.7 Å². The summed E-state index contributed by atoms with van der Waals surface area (Å²) in [7, 11) is 0. The van der Waals surface area contributed by atoms with Crippen LogP contribution in [-0.2, 0) is 11.8 Å². The van der Waals surface area contributed by atoms with E-state index in [0.717, 1.165) is 39.7 Å². The van der Waals surface area contributed by atoms with Gasteiger partial charge in [-0.15, -0.1) is 0 Å². The van der Waals surface area contributed by atoms with E-state index in [0.29, 0.717) is 5.56 Å². The lowest BCUT2D eigenvalue weighted by molar-refractivity contribution is 0.103. The number of aromatic nitrogens is 1. The summed E-state index contributed by atoms with van der Waals surface area (Å²) in [6.07, 6.45) is 0.910. The number of fused-ring (bicyclic) bond motifs is 4. The number of aryl methyl sites for hydroxylation is 1. The molecular weight excluding hydrogens is 296 g/mol. The van der Waals surface area contributed by atoms with Gasteiger partial charge in [-0.2, -0.15) is 5.26 Å². The van der Waals surface area contributed by atoms with Gasteiger partial charge in [-0.25, -0.2) is 0 Å². The van der Waals surface area contributed by atoms with Crippen LogP contribution >= 0.6 is 0 Å². The lowest BCUT2D eigenvalue weighted by Crippen LogP contribution is -2.30. The summed E-state index contributed by atoms with van der Waals surface area (Å²) in [6.45, 7) is 6.38. The summed E-state index contributed by atoms with van der Waals surface area (Å²) in [5, 5.41) is 10.0. The van der Waals surface area contributed by atoms with Crippen molar-refractivity contribution in [1.82, 2.24) is 4.98 Å². The Labute approximate surface area is 140 Å². The lowest BCUT2D eigenvalue weighted by atomic mass is 9.71. The second kappa shape index (κ2) is 4.82. The monoisotopic (exact) mass is 314 g/mol. The Morgan fingerprint density at radius 2 is 1.96 bits per heavy atom. The zero-order chi connectivity index (χ0) is 17.1. The van der Waals surface area contributed by atoms with Gasteiger partial charge in [-0.3, -0.25) is 4.79 Å². The molecule has 1 aromatic heterocycles. The van der Waals surface area contributed by atoms with Crippen LogP contribution in [0.15, 0.2) is 36.4 Å². The maximum atomic E-state index is 13.2. The molecule has 0 saturated heterocycles. The smallest absolute Gasteiger partial charge is 0.195 e. The van der Waals surface area contributed by atoms with Gasteiger partial charge in [0.1, 0.15) is 0 Å². The van der Waals surface area contributed by atoms with Crippen molar-refractivity contribution in [2.24, 2.45) is 0 Å². The van der Waals surface area contributed by atoms with E-state index in [1.54, 1.807) is 6.07 Å². The second-order valence-corrected chi connectivity index (χ2v) is 6.93. The van der Waals surface area contributed by atoms with E-state index in [-0.39, 0.29) is 11.2 Å². The first kappa shape index (κ1) is 14.7. The molecular formula is C21H18N2O. The number of carbonyl (C=O) groups is 1. The highest BCUT2D eigenvalue weighted by molar-refractivity contribution is 6.20. The number of aromatic amines is 1. The number of ketones is 1. The highest BCUT2D eigenvalue weighted by atomic mass is 16.1. The minimum atomic E-state index is -0.281. The average Bonchev–Trinajstić information content (AvgIpc) is 2.99. The van der Waals surface area contributed by atoms with Crippen LogP contribution in [0.1, 0.15) is 59.1 Å². The molecule has 0 fully saturated rings. The second-order valence-electron chi connectivity index (χ2n) is 6.93. The summed E-state index contributed by atoms with van der Waals surface area (Å²) < 4.78 is 0. The molecule has 0 saturated carbocycles. The molecule has 1 N–H and O–H groups in total. The predicted molar refractivity (Wildman–Crippen MR) is 94.4 cm³/mol. The molecule has 0 aliphatic heterocycles. The number of carbonyl (C=O) groups excluding carboxylic acids is 1. The first-order valence-electron chi connectivity index (χ1n) is 8.21. The van der Waals surface area contributed by atoms with Crippen LogP contribution in [0.5, 0.6) is 0 Å². The molecule has 2 aromatic carbocycles. The van der Waals surface area contributed by atoms with Crippen molar-refractivity contribution < 1.29 is 4.79 Å². The zero-order valence-corrected chi connectivity index (χ0v) is 14.0. The van der Waals surface area contributed by atoms with Crippen LogP contribution in [0, 0.1) is 11.3 Å². The molecule has 0 bridgehead atoms. The van der Waals surface area contributed by atoms with E-state index in [1.807, 2.05) is 18.2 Å². The molecule has 3 heteroatoms. The summed E-state index contributed by atoms with van der Waals surface area (Å²) in [6, 6.07) is 13.9. The van der Waals surface area contributed by atoms with Gasteiger partial charge in [0.05, 0.1) is 17.2 Å². The normalized spacial score (nSPS) is 15.0. The van der Waals surface area contributed by atoms with Gasteiger partial charge in [0.25, 0.3) is 0 Å². The average molecular weight is 314 g/mol. The number of nitrogens with one attached hydrogen (secondary N) is 1. The molecule has 0 amide bonds. The number of nitriles is 1. The minimum Gasteiger partial charge on any atom is -0.357 e. The van der Waals surface area contributed by atoms with E-state index >= 15 is 0 Å². The maximum Gasteiger partial charge on any atom is 0.195 e. The third-order valence-electron chi connectivity index (χ3n) is 5.19. The molecule has 3 nitrogen and oxygen atoms in total. The first-order valence-corrected chi connectivity index (χ1v) is 8.21. The largest absolute Gasteiger partial charge is 0.357 e. The van der Waals surface area contributed by atoms with Crippen LogP contribution in [-0.4, -0.2) is 10.8 Å². The van der Waals surface area contributed by atoms with E-state index < -0.39 is 0 Å². The molecule has 1 aliphatic carbocycles. The van der Waals surface area contributed by atoms with Crippen LogP contribution < -0.4 is 0 Å². The molecule has 1 heterocycles. The van der Waals surface area contributed by atoms with Crippen molar-refractivity contribution in [3.05, 3.63) is 69.9 Å². The van der Waals surface area contributed by atoms with Gasteiger partial charge in [0.15, 0.2) is 5.78 Å². The Kier molecular flexibility index (Phi) is 2.95. The van der Waals surface area contributed by atoms with Crippen molar-refractivity contribution in [1.29, 1.82) is 5.26 Å². The lowest BCUT2D eigenvalue weighted by Gasteiger charge is -2.32. The molecule has 0 unspecified atom stereocenters. The van der Waals surface area contributed by atoms with Gasteiger partial charge in [-0.1, -0.05) is 39.0 Å². The number of H-pyrrole nitrogens is 1. The molecule has 118 valence electrons. The number of rotatable bonds is 1. The van der Waals surface area contributed by atoms with E-state index in [2.05, 4.69) is 44.0 Å². The Bertz CT molecular complexity index is 1050. The summed E-state index contributed by atoms with van der Waals surface area (Å²) in [5.41, 5.74) is 5.89. The standard InChI is InChI=1S/C21H18N2O/c1-4-12-6-8-16-15(9-12)19(24)18-14-7-5-13(11-22)10-17(14)23-20(18)21(16,2)3/h5-10,23H,4H2,1-3H3. The summed E-state index contributed by atoms with van der Waals surface area (Å²) >= 11 is 0. The van der Waals surface area contributed by atoms with Crippen LogP contribution in [0.2, 0.25) is 0 Å². The van der Waals surface area contributed by atoms with Crippen molar-refractivity contribution in [2.45, 2.75) is 32.6 Å². The fourth-order valence-electron chi connectivity index (χ4n) is 3.79. The van der Waals surface area contributed by atoms with E-state index in [1.165, 1.54) is 5.56 Å². The van der Waals surface area contributed by atoms with Crippen LogP contribution in [0.4, 0.5) is 0 Å². The number of benzene rings is 2. The number of nitrogens with zero attached hydrogens (tertiary/aromatic N) is 1. The molecule has 0 radical (unpaired) electrons. The Morgan fingerprint density at radius 1 is 1.17 bits per heavy atom. The predicted octanol–water partition coefficient (Wildman–Crippen LogP) is 4.47. The molecule has 0 spiro atoms. The van der Waals surface area contributed by atoms with Gasteiger partial charge < -0.3 is 4.98 Å².